The summed E-state index contributed by atoms with van der Waals surface area (Å²) < 4.78 is 5.47. The van der Waals surface area contributed by atoms with E-state index in [-0.39, 0.29) is 18.1 Å². The standard InChI is InChI=1S/C15H22N2O2/c1-11-13(7-8-19-11)10-17-15(18)9-14(16)12-5-3-2-4-6-12/h2-6,11,13-14H,7-10,16H2,1H3,(H,17,18). The van der Waals surface area contributed by atoms with Gasteiger partial charge in [0.2, 0.25) is 5.91 Å². The molecule has 19 heavy (non-hydrogen) atoms. The fraction of sp³-hybridized carbons (Fsp3) is 0.533. The van der Waals surface area contributed by atoms with E-state index >= 15 is 0 Å². The van der Waals surface area contributed by atoms with Crippen LogP contribution in [0.15, 0.2) is 30.3 Å². The fourth-order valence-electron chi connectivity index (χ4n) is 2.38. The number of ether oxygens (including phenoxy) is 1. The molecular formula is C15H22N2O2. The van der Waals surface area contributed by atoms with Gasteiger partial charge >= 0.3 is 0 Å². The van der Waals surface area contributed by atoms with Crippen LogP contribution in [0.4, 0.5) is 0 Å². The van der Waals surface area contributed by atoms with E-state index < -0.39 is 0 Å². The highest BCUT2D eigenvalue weighted by molar-refractivity contribution is 5.76. The minimum absolute atomic E-state index is 0.00968. The maximum absolute atomic E-state index is 11.9. The predicted octanol–water partition coefficient (Wildman–Crippen LogP) is 1.62. The van der Waals surface area contributed by atoms with Crippen LogP contribution in [-0.4, -0.2) is 25.2 Å². The average Bonchev–Trinajstić information content (AvgIpc) is 2.83. The summed E-state index contributed by atoms with van der Waals surface area (Å²) in [4.78, 5) is 11.9. The second-order valence-corrected chi connectivity index (χ2v) is 5.15. The lowest BCUT2D eigenvalue weighted by atomic mass is 10.0. The molecule has 0 aliphatic carbocycles. The van der Waals surface area contributed by atoms with Gasteiger partial charge in [-0.3, -0.25) is 4.79 Å². The second-order valence-electron chi connectivity index (χ2n) is 5.15. The van der Waals surface area contributed by atoms with E-state index in [2.05, 4.69) is 12.2 Å². The Labute approximate surface area is 114 Å². The van der Waals surface area contributed by atoms with E-state index in [1.807, 2.05) is 30.3 Å². The quantitative estimate of drug-likeness (QED) is 0.847. The summed E-state index contributed by atoms with van der Waals surface area (Å²) in [7, 11) is 0. The normalized spacial score (nSPS) is 24.1. The van der Waals surface area contributed by atoms with Crippen LogP contribution in [0.1, 0.15) is 31.4 Å². The molecule has 4 nitrogen and oxygen atoms in total. The Kier molecular flexibility index (Phi) is 4.93. The van der Waals surface area contributed by atoms with E-state index in [1.165, 1.54) is 0 Å². The molecule has 0 aromatic heterocycles. The van der Waals surface area contributed by atoms with Crippen molar-refractivity contribution in [2.45, 2.75) is 31.9 Å². The molecule has 3 N–H and O–H groups in total. The molecule has 3 unspecified atom stereocenters. The summed E-state index contributed by atoms with van der Waals surface area (Å²) >= 11 is 0. The number of nitrogens with two attached hydrogens (primary N) is 1. The van der Waals surface area contributed by atoms with Crippen molar-refractivity contribution in [2.75, 3.05) is 13.2 Å². The number of amides is 1. The second kappa shape index (κ2) is 6.68. The average molecular weight is 262 g/mol. The Hall–Kier alpha value is -1.39. The highest BCUT2D eigenvalue weighted by atomic mass is 16.5. The monoisotopic (exact) mass is 262 g/mol. The molecule has 104 valence electrons. The third kappa shape index (κ3) is 4.04. The summed E-state index contributed by atoms with van der Waals surface area (Å²) in [5.74, 6) is 0.437. The van der Waals surface area contributed by atoms with Crippen molar-refractivity contribution in [1.29, 1.82) is 0 Å². The maximum atomic E-state index is 11.9. The van der Waals surface area contributed by atoms with E-state index in [9.17, 15) is 4.79 Å². The van der Waals surface area contributed by atoms with Gasteiger partial charge in [0.25, 0.3) is 0 Å². The third-order valence-electron chi connectivity index (χ3n) is 3.73. The Balaban J connectivity index is 1.75. The Morgan fingerprint density at radius 2 is 2.21 bits per heavy atom. The number of benzene rings is 1. The third-order valence-corrected chi connectivity index (χ3v) is 3.73. The van der Waals surface area contributed by atoms with E-state index in [0.717, 1.165) is 18.6 Å². The largest absolute Gasteiger partial charge is 0.378 e. The number of carbonyl (C=O) groups excluding carboxylic acids is 1. The summed E-state index contributed by atoms with van der Waals surface area (Å²) in [6, 6.07) is 9.47. The molecule has 1 aromatic carbocycles. The first-order valence-electron chi connectivity index (χ1n) is 6.85. The zero-order chi connectivity index (χ0) is 13.7. The van der Waals surface area contributed by atoms with Gasteiger partial charge in [-0.2, -0.15) is 0 Å². The van der Waals surface area contributed by atoms with E-state index in [1.54, 1.807) is 0 Å². The lowest BCUT2D eigenvalue weighted by Crippen LogP contribution is -2.33. The molecule has 1 aliphatic heterocycles. The molecule has 0 spiro atoms. The van der Waals surface area contributed by atoms with Crippen LogP contribution in [0, 0.1) is 5.92 Å². The maximum Gasteiger partial charge on any atom is 0.221 e. The van der Waals surface area contributed by atoms with Crippen LogP contribution in [0.25, 0.3) is 0 Å². The molecule has 0 bridgehead atoms. The molecular weight excluding hydrogens is 240 g/mol. The summed E-state index contributed by atoms with van der Waals surface area (Å²) in [6.45, 7) is 3.53. The summed E-state index contributed by atoms with van der Waals surface area (Å²) in [6.07, 6.45) is 1.58. The highest BCUT2D eigenvalue weighted by Crippen LogP contribution is 2.19. The Bertz CT molecular complexity index is 408. The van der Waals surface area contributed by atoms with Crippen molar-refractivity contribution in [2.24, 2.45) is 11.7 Å². The first-order valence-corrected chi connectivity index (χ1v) is 6.85. The minimum atomic E-state index is -0.238. The molecule has 2 rings (SSSR count). The highest BCUT2D eigenvalue weighted by Gasteiger charge is 2.24. The predicted molar refractivity (Wildman–Crippen MR) is 74.5 cm³/mol. The van der Waals surface area contributed by atoms with Gasteiger partial charge in [-0.1, -0.05) is 30.3 Å². The van der Waals surface area contributed by atoms with E-state index in [4.69, 9.17) is 10.5 Å². The van der Waals surface area contributed by atoms with Crippen molar-refractivity contribution in [3.8, 4) is 0 Å². The SMILES string of the molecule is CC1OCCC1CNC(=O)CC(N)c1ccccc1. The summed E-state index contributed by atoms with van der Waals surface area (Å²) in [5.41, 5.74) is 7.02. The van der Waals surface area contributed by atoms with Gasteiger partial charge in [-0.05, 0) is 18.9 Å². The summed E-state index contributed by atoms with van der Waals surface area (Å²) in [5, 5.41) is 2.96. The molecule has 1 aliphatic rings. The smallest absolute Gasteiger partial charge is 0.221 e. The zero-order valence-corrected chi connectivity index (χ0v) is 11.3. The minimum Gasteiger partial charge on any atom is -0.378 e. The van der Waals surface area contributed by atoms with Crippen molar-refractivity contribution in [1.82, 2.24) is 5.32 Å². The van der Waals surface area contributed by atoms with Crippen LogP contribution in [0.3, 0.4) is 0 Å². The molecule has 1 aromatic rings. The van der Waals surface area contributed by atoms with Crippen molar-refractivity contribution < 1.29 is 9.53 Å². The van der Waals surface area contributed by atoms with Gasteiger partial charge in [0.05, 0.1) is 6.10 Å². The zero-order valence-electron chi connectivity index (χ0n) is 11.3. The van der Waals surface area contributed by atoms with E-state index in [0.29, 0.717) is 18.9 Å². The van der Waals surface area contributed by atoms with Gasteiger partial charge < -0.3 is 15.8 Å². The van der Waals surface area contributed by atoms with Gasteiger partial charge in [-0.25, -0.2) is 0 Å². The number of hydrogen-bond donors (Lipinski definition) is 2. The van der Waals surface area contributed by atoms with Crippen LogP contribution in [-0.2, 0) is 9.53 Å². The van der Waals surface area contributed by atoms with Gasteiger partial charge in [-0.15, -0.1) is 0 Å². The Morgan fingerprint density at radius 1 is 1.47 bits per heavy atom. The van der Waals surface area contributed by atoms with Gasteiger partial charge in [0.1, 0.15) is 0 Å². The molecule has 1 saturated heterocycles. The number of rotatable bonds is 5. The van der Waals surface area contributed by atoms with Crippen LogP contribution in [0.2, 0.25) is 0 Å². The number of hydrogen-bond acceptors (Lipinski definition) is 3. The number of carbonyl (C=O) groups is 1. The van der Waals surface area contributed by atoms with Gasteiger partial charge in [0, 0.05) is 31.5 Å². The lowest BCUT2D eigenvalue weighted by Gasteiger charge is -2.16. The molecule has 0 radical (unpaired) electrons. The van der Waals surface area contributed by atoms with Crippen molar-refractivity contribution in [3.05, 3.63) is 35.9 Å². The molecule has 4 heteroatoms. The molecule has 3 atom stereocenters. The Morgan fingerprint density at radius 3 is 2.84 bits per heavy atom. The number of nitrogens with one attached hydrogen (secondary N) is 1. The fourth-order valence-corrected chi connectivity index (χ4v) is 2.38. The van der Waals surface area contributed by atoms with Crippen LogP contribution >= 0.6 is 0 Å². The van der Waals surface area contributed by atoms with Crippen molar-refractivity contribution >= 4 is 5.91 Å². The molecule has 1 fully saturated rings. The lowest BCUT2D eigenvalue weighted by molar-refractivity contribution is -0.121. The molecule has 1 amide bonds. The van der Waals surface area contributed by atoms with Crippen LogP contribution in [0.5, 0.6) is 0 Å². The first kappa shape index (κ1) is 14.0. The first-order chi connectivity index (χ1) is 9.16. The van der Waals surface area contributed by atoms with Gasteiger partial charge in [0.15, 0.2) is 0 Å². The molecule has 1 heterocycles. The topological polar surface area (TPSA) is 64.3 Å². The van der Waals surface area contributed by atoms with Crippen molar-refractivity contribution in [3.63, 3.8) is 0 Å². The molecule has 0 saturated carbocycles. The van der Waals surface area contributed by atoms with Crippen LogP contribution < -0.4 is 11.1 Å².